The third-order valence-corrected chi connectivity index (χ3v) is 6.30. The molecule has 0 unspecified atom stereocenters. The van der Waals surface area contributed by atoms with Gasteiger partial charge in [-0.05, 0) is 56.6 Å². The second-order valence-electron chi connectivity index (χ2n) is 8.15. The van der Waals surface area contributed by atoms with Crippen LogP contribution in [0.15, 0.2) is 108 Å². The van der Waals surface area contributed by atoms with Gasteiger partial charge < -0.3 is 9.73 Å². The van der Waals surface area contributed by atoms with E-state index in [1.54, 1.807) is 6.20 Å². The summed E-state index contributed by atoms with van der Waals surface area (Å²) in [6, 6.07) is 34.1. The molecule has 0 atom stereocenters. The number of aromatic nitrogens is 1. The van der Waals surface area contributed by atoms with Crippen LogP contribution in [0, 0.1) is 0 Å². The maximum absolute atomic E-state index is 5.93. The van der Waals surface area contributed by atoms with Crippen molar-refractivity contribution in [3.05, 3.63) is 103 Å². The molecule has 0 saturated carbocycles. The SMILES string of the molecule is c1ccc2c(c1)ccc1c3ccc(Nc4ccnc5oc6ccccc6c45)cc3ccc21. The Morgan fingerprint density at radius 3 is 2.22 bits per heavy atom. The Labute approximate surface area is 183 Å². The molecule has 32 heavy (non-hydrogen) atoms. The number of nitrogens with one attached hydrogen (secondary N) is 1. The molecule has 0 amide bonds. The number of furan rings is 1. The van der Waals surface area contributed by atoms with Crippen molar-refractivity contribution in [3.63, 3.8) is 0 Å². The minimum Gasteiger partial charge on any atom is -0.438 e. The molecule has 3 nitrogen and oxygen atoms in total. The van der Waals surface area contributed by atoms with Crippen molar-refractivity contribution in [2.45, 2.75) is 0 Å². The number of pyridine rings is 1. The van der Waals surface area contributed by atoms with Crippen LogP contribution in [-0.2, 0) is 0 Å². The van der Waals surface area contributed by atoms with E-state index in [0.29, 0.717) is 5.71 Å². The molecule has 2 heterocycles. The van der Waals surface area contributed by atoms with Crippen LogP contribution in [0.1, 0.15) is 0 Å². The molecule has 150 valence electrons. The van der Waals surface area contributed by atoms with Crippen molar-refractivity contribution in [2.24, 2.45) is 0 Å². The number of hydrogen-bond acceptors (Lipinski definition) is 3. The lowest BCUT2D eigenvalue weighted by Gasteiger charge is -2.11. The Morgan fingerprint density at radius 2 is 1.31 bits per heavy atom. The maximum atomic E-state index is 5.93. The van der Waals surface area contributed by atoms with E-state index >= 15 is 0 Å². The smallest absolute Gasteiger partial charge is 0.229 e. The summed E-state index contributed by atoms with van der Waals surface area (Å²) in [6.07, 6.45) is 1.78. The summed E-state index contributed by atoms with van der Waals surface area (Å²) in [6.45, 7) is 0. The molecule has 0 aliphatic heterocycles. The van der Waals surface area contributed by atoms with Gasteiger partial charge in [0.1, 0.15) is 5.58 Å². The van der Waals surface area contributed by atoms with E-state index in [1.807, 2.05) is 24.3 Å². The van der Waals surface area contributed by atoms with Crippen molar-refractivity contribution in [1.29, 1.82) is 0 Å². The largest absolute Gasteiger partial charge is 0.438 e. The third kappa shape index (κ3) is 2.51. The highest BCUT2D eigenvalue weighted by molar-refractivity contribution is 6.17. The Morgan fingerprint density at radius 1 is 0.594 bits per heavy atom. The molecular formula is C29H18N2O. The quantitative estimate of drug-likeness (QED) is 0.292. The summed E-state index contributed by atoms with van der Waals surface area (Å²) in [7, 11) is 0. The summed E-state index contributed by atoms with van der Waals surface area (Å²) < 4.78 is 5.93. The molecule has 0 bridgehead atoms. The van der Waals surface area contributed by atoms with Crippen molar-refractivity contribution in [3.8, 4) is 0 Å². The molecule has 0 fully saturated rings. The first-order valence-corrected chi connectivity index (χ1v) is 10.7. The van der Waals surface area contributed by atoms with E-state index in [9.17, 15) is 0 Å². The molecular weight excluding hydrogens is 392 g/mol. The van der Waals surface area contributed by atoms with E-state index in [4.69, 9.17) is 4.42 Å². The topological polar surface area (TPSA) is 38.1 Å². The fourth-order valence-corrected chi connectivity index (χ4v) is 4.81. The van der Waals surface area contributed by atoms with Gasteiger partial charge in [0.25, 0.3) is 0 Å². The number of anilines is 2. The van der Waals surface area contributed by atoms with Gasteiger partial charge in [-0.2, -0.15) is 0 Å². The van der Waals surface area contributed by atoms with Gasteiger partial charge in [-0.3, -0.25) is 0 Å². The Hall–Kier alpha value is -4.37. The van der Waals surface area contributed by atoms with E-state index < -0.39 is 0 Å². The van der Waals surface area contributed by atoms with E-state index in [0.717, 1.165) is 27.7 Å². The molecule has 0 aliphatic carbocycles. The van der Waals surface area contributed by atoms with Crippen LogP contribution in [0.25, 0.3) is 54.4 Å². The third-order valence-electron chi connectivity index (χ3n) is 6.30. The lowest BCUT2D eigenvalue weighted by Crippen LogP contribution is -1.92. The minimum absolute atomic E-state index is 0.648. The van der Waals surface area contributed by atoms with Crippen molar-refractivity contribution < 1.29 is 4.42 Å². The monoisotopic (exact) mass is 410 g/mol. The van der Waals surface area contributed by atoms with E-state index in [-0.39, 0.29) is 0 Å². The molecule has 1 N–H and O–H groups in total. The van der Waals surface area contributed by atoms with Crippen LogP contribution < -0.4 is 5.32 Å². The van der Waals surface area contributed by atoms with Gasteiger partial charge in [0, 0.05) is 17.3 Å². The number of benzene rings is 5. The molecule has 7 rings (SSSR count). The van der Waals surface area contributed by atoms with Crippen LogP contribution in [0.4, 0.5) is 11.4 Å². The zero-order valence-corrected chi connectivity index (χ0v) is 17.2. The molecule has 5 aromatic carbocycles. The molecule has 3 heteroatoms. The van der Waals surface area contributed by atoms with Crippen molar-refractivity contribution in [1.82, 2.24) is 4.98 Å². The zero-order valence-electron chi connectivity index (χ0n) is 17.2. The van der Waals surface area contributed by atoms with Gasteiger partial charge in [0.2, 0.25) is 5.71 Å². The summed E-state index contributed by atoms with van der Waals surface area (Å²) in [4.78, 5) is 4.42. The van der Waals surface area contributed by atoms with Gasteiger partial charge in [-0.25, -0.2) is 4.98 Å². The molecule has 7 aromatic rings. The normalized spacial score (nSPS) is 11.8. The highest BCUT2D eigenvalue weighted by atomic mass is 16.3. The number of rotatable bonds is 2. The molecule has 0 spiro atoms. The summed E-state index contributed by atoms with van der Waals surface area (Å²) in [5.74, 6) is 0. The second-order valence-corrected chi connectivity index (χ2v) is 8.15. The average Bonchev–Trinajstić information content (AvgIpc) is 3.23. The van der Waals surface area contributed by atoms with Crippen molar-refractivity contribution >= 4 is 65.8 Å². The summed E-state index contributed by atoms with van der Waals surface area (Å²) in [5.41, 5.74) is 3.53. The lowest BCUT2D eigenvalue weighted by atomic mass is 9.97. The fraction of sp³-hybridized carbons (Fsp3) is 0. The van der Waals surface area contributed by atoms with Crippen LogP contribution in [0.2, 0.25) is 0 Å². The van der Waals surface area contributed by atoms with Crippen molar-refractivity contribution in [2.75, 3.05) is 5.32 Å². The molecule has 2 aromatic heterocycles. The van der Waals surface area contributed by atoms with E-state index in [2.05, 4.69) is 83.1 Å². The molecule has 0 aliphatic rings. The minimum atomic E-state index is 0.648. The first kappa shape index (κ1) is 17.3. The predicted molar refractivity (Wildman–Crippen MR) is 134 cm³/mol. The second kappa shape index (κ2) is 6.56. The first-order chi connectivity index (χ1) is 15.8. The van der Waals surface area contributed by atoms with Crippen LogP contribution in [0.5, 0.6) is 0 Å². The van der Waals surface area contributed by atoms with Gasteiger partial charge in [-0.1, -0.05) is 72.8 Å². The van der Waals surface area contributed by atoms with Gasteiger partial charge >= 0.3 is 0 Å². The summed E-state index contributed by atoms with van der Waals surface area (Å²) >= 11 is 0. The number of fused-ring (bicyclic) bond motifs is 8. The first-order valence-electron chi connectivity index (χ1n) is 10.7. The molecule has 0 saturated heterocycles. The van der Waals surface area contributed by atoms with Gasteiger partial charge in [0.05, 0.1) is 11.1 Å². The Balaban J connectivity index is 1.38. The standard InChI is InChI=1S/C29H18N2O/c1-2-6-21-18(5-1)9-12-24-22-14-11-20(17-19(22)10-13-23(21)24)31-26-15-16-30-29-28(26)25-7-3-4-8-27(25)32-29/h1-17H,(H,30,31). The zero-order chi connectivity index (χ0) is 21.1. The van der Waals surface area contributed by atoms with E-state index in [1.165, 1.54) is 32.3 Å². The Bertz CT molecular complexity index is 1810. The number of para-hydroxylation sites is 1. The Kier molecular flexibility index (Phi) is 3.55. The van der Waals surface area contributed by atoms with Crippen LogP contribution in [0.3, 0.4) is 0 Å². The number of nitrogens with zero attached hydrogens (tertiary/aromatic N) is 1. The highest BCUT2D eigenvalue weighted by Gasteiger charge is 2.12. The number of hydrogen-bond donors (Lipinski definition) is 1. The lowest BCUT2D eigenvalue weighted by molar-refractivity contribution is 0.654. The van der Waals surface area contributed by atoms with Crippen LogP contribution in [-0.4, -0.2) is 4.98 Å². The average molecular weight is 410 g/mol. The highest BCUT2D eigenvalue weighted by Crippen LogP contribution is 2.36. The van der Waals surface area contributed by atoms with Crippen LogP contribution >= 0.6 is 0 Å². The summed E-state index contributed by atoms with van der Waals surface area (Å²) in [5, 5.41) is 13.3. The maximum Gasteiger partial charge on any atom is 0.229 e. The van der Waals surface area contributed by atoms with Gasteiger partial charge in [0.15, 0.2) is 0 Å². The van der Waals surface area contributed by atoms with Gasteiger partial charge in [-0.15, -0.1) is 0 Å². The predicted octanol–water partition coefficient (Wildman–Crippen LogP) is 8.18. The molecule has 0 radical (unpaired) electrons. The fourth-order valence-electron chi connectivity index (χ4n) is 4.81.